The van der Waals surface area contributed by atoms with E-state index in [4.69, 9.17) is 9.72 Å². The zero-order valence-electron chi connectivity index (χ0n) is 18.2. The summed E-state index contributed by atoms with van der Waals surface area (Å²) in [5, 5.41) is 21.4. The number of nitrogens with zero attached hydrogens (tertiary/aromatic N) is 2. The van der Waals surface area contributed by atoms with Gasteiger partial charge in [-0.05, 0) is 54.9 Å². The lowest BCUT2D eigenvalue weighted by Gasteiger charge is -2.31. The second-order valence-corrected chi connectivity index (χ2v) is 9.06. The van der Waals surface area contributed by atoms with Crippen LogP contribution in [-0.4, -0.2) is 32.3 Å². The van der Waals surface area contributed by atoms with Gasteiger partial charge in [-0.2, -0.15) is 0 Å². The number of carbonyl (C=O) groups excluding carboxylic acids is 1. The topological polar surface area (TPSA) is 102 Å². The van der Waals surface area contributed by atoms with Crippen LogP contribution in [0.3, 0.4) is 0 Å². The molecular formula is C25H23FN2O5. The highest BCUT2D eigenvalue weighted by Crippen LogP contribution is 2.43. The molecule has 7 nitrogen and oxygen atoms in total. The van der Waals surface area contributed by atoms with Gasteiger partial charge in [-0.1, -0.05) is 6.92 Å². The molecule has 33 heavy (non-hydrogen) atoms. The Morgan fingerprint density at radius 2 is 1.97 bits per heavy atom. The van der Waals surface area contributed by atoms with Crippen molar-refractivity contribution < 1.29 is 24.1 Å². The van der Waals surface area contributed by atoms with Crippen LogP contribution in [0.2, 0.25) is 0 Å². The van der Waals surface area contributed by atoms with Crippen LogP contribution in [0.4, 0.5) is 4.39 Å². The van der Waals surface area contributed by atoms with Crippen molar-refractivity contribution in [3.63, 3.8) is 0 Å². The molecule has 2 aromatic heterocycles. The Morgan fingerprint density at radius 3 is 2.73 bits per heavy atom. The van der Waals surface area contributed by atoms with E-state index in [2.05, 4.69) is 0 Å². The van der Waals surface area contributed by atoms with Gasteiger partial charge in [0, 0.05) is 29.2 Å². The van der Waals surface area contributed by atoms with E-state index in [-0.39, 0.29) is 48.6 Å². The molecule has 0 spiro atoms. The Balaban J connectivity index is 1.65. The molecule has 6 rings (SSSR count). The summed E-state index contributed by atoms with van der Waals surface area (Å²) in [7, 11) is 0. The van der Waals surface area contributed by atoms with Crippen molar-refractivity contribution >= 4 is 16.9 Å². The summed E-state index contributed by atoms with van der Waals surface area (Å²) in [6.07, 6.45) is 2.69. The van der Waals surface area contributed by atoms with Gasteiger partial charge in [0.1, 0.15) is 12.4 Å². The molecule has 0 bridgehead atoms. The molecule has 4 heterocycles. The summed E-state index contributed by atoms with van der Waals surface area (Å²) >= 11 is 0. The number of hydrogen-bond donors (Lipinski definition) is 2. The number of aromatic nitrogens is 2. The minimum atomic E-state index is -1.88. The summed E-state index contributed by atoms with van der Waals surface area (Å²) in [6.45, 7) is 1.70. The highest BCUT2D eigenvalue weighted by molar-refractivity contribution is 5.92. The molecule has 0 unspecified atom stereocenters. The zero-order chi connectivity index (χ0) is 23.1. The van der Waals surface area contributed by atoms with Gasteiger partial charge >= 0.3 is 5.97 Å². The fraction of sp³-hybridized carbons (Fsp3) is 0.400. The number of aryl methyl sites for hydroxylation is 2. The minimum Gasteiger partial charge on any atom is -0.458 e. The first kappa shape index (κ1) is 20.5. The SMILES string of the molecule is CC[C@@]1(O)C(=O)OCc2c1cc1n(c2=O)Cc2c-1nc1cc(F)c(CCO)c3c1c2CCC3. The monoisotopic (exact) mass is 450 g/mol. The second kappa shape index (κ2) is 6.95. The Morgan fingerprint density at radius 1 is 1.18 bits per heavy atom. The molecule has 0 radical (unpaired) electrons. The van der Waals surface area contributed by atoms with E-state index >= 15 is 0 Å². The van der Waals surface area contributed by atoms with Gasteiger partial charge in [-0.15, -0.1) is 0 Å². The maximum atomic E-state index is 14.9. The molecule has 2 N–H and O–H groups in total. The molecule has 3 aromatic rings. The Hall–Kier alpha value is -3.10. The van der Waals surface area contributed by atoms with Gasteiger partial charge in [0.05, 0.1) is 29.0 Å². The Labute approximate surface area is 188 Å². The van der Waals surface area contributed by atoms with Gasteiger partial charge in [-0.25, -0.2) is 14.2 Å². The molecule has 0 fully saturated rings. The first-order valence-electron chi connectivity index (χ1n) is 11.3. The van der Waals surface area contributed by atoms with Crippen LogP contribution in [0, 0.1) is 5.82 Å². The number of halogens is 1. The molecule has 1 atom stereocenters. The third-order valence-electron chi connectivity index (χ3n) is 7.48. The lowest BCUT2D eigenvalue weighted by molar-refractivity contribution is -0.172. The van der Waals surface area contributed by atoms with Gasteiger partial charge in [-0.3, -0.25) is 4.79 Å². The van der Waals surface area contributed by atoms with Crippen LogP contribution in [0.1, 0.15) is 53.1 Å². The molecule has 2 aliphatic heterocycles. The first-order valence-corrected chi connectivity index (χ1v) is 11.3. The number of hydrogen-bond acceptors (Lipinski definition) is 6. The van der Waals surface area contributed by atoms with Crippen molar-refractivity contribution in [1.29, 1.82) is 0 Å². The zero-order valence-corrected chi connectivity index (χ0v) is 18.2. The summed E-state index contributed by atoms with van der Waals surface area (Å²) in [5.41, 5.74) is 3.45. The van der Waals surface area contributed by atoms with E-state index in [9.17, 15) is 24.2 Å². The fourth-order valence-electron chi connectivity index (χ4n) is 5.80. The van der Waals surface area contributed by atoms with E-state index in [1.807, 2.05) is 0 Å². The summed E-state index contributed by atoms with van der Waals surface area (Å²) < 4.78 is 21.7. The van der Waals surface area contributed by atoms with Gasteiger partial charge in [0.2, 0.25) is 0 Å². The third kappa shape index (κ3) is 2.59. The number of carbonyl (C=O) groups is 1. The summed E-state index contributed by atoms with van der Waals surface area (Å²) in [6, 6.07) is 3.09. The molecule has 3 aliphatic rings. The molecule has 0 saturated heterocycles. The van der Waals surface area contributed by atoms with E-state index in [0.29, 0.717) is 29.0 Å². The predicted octanol–water partition coefficient (Wildman–Crippen LogP) is 2.24. The highest BCUT2D eigenvalue weighted by Gasteiger charge is 2.45. The number of fused-ring (bicyclic) bond motifs is 5. The lowest BCUT2D eigenvalue weighted by atomic mass is 9.83. The Kier molecular flexibility index (Phi) is 4.32. The number of rotatable bonds is 3. The van der Waals surface area contributed by atoms with Crippen molar-refractivity contribution in [2.75, 3.05) is 6.61 Å². The average Bonchev–Trinajstić information content (AvgIpc) is 3.18. The van der Waals surface area contributed by atoms with Crippen molar-refractivity contribution in [2.24, 2.45) is 0 Å². The molecule has 170 valence electrons. The van der Waals surface area contributed by atoms with Crippen LogP contribution in [-0.2, 0) is 47.5 Å². The number of esters is 1. The average molecular weight is 450 g/mol. The highest BCUT2D eigenvalue weighted by atomic mass is 19.1. The maximum absolute atomic E-state index is 14.9. The van der Waals surface area contributed by atoms with Crippen molar-refractivity contribution in [1.82, 2.24) is 9.55 Å². The number of aliphatic hydroxyl groups is 2. The van der Waals surface area contributed by atoms with E-state index in [0.717, 1.165) is 41.3 Å². The number of aliphatic hydroxyl groups excluding tert-OH is 1. The maximum Gasteiger partial charge on any atom is 0.343 e. The van der Waals surface area contributed by atoms with Crippen molar-refractivity contribution in [3.05, 3.63) is 61.7 Å². The van der Waals surface area contributed by atoms with Crippen LogP contribution in [0.5, 0.6) is 0 Å². The van der Waals surface area contributed by atoms with Crippen LogP contribution in [0.25, 0.3) is 22.3 Å². The normalized spacial score (nSPS) is 20.4. The largest absolute Gasteiger partial charge is 0.458 e. The number of benzene rings is 1. The first-order chi connectivity index (χ1) is 15.9. The lowest BCUT2D eigenvalue weighted by Crippen LogP contribution is -2.44. The van der Waals surface area contributed by atoms with Crippen LogP contribution in [0.15, 0.2) is 16.9 Å². The number of ether oxygens (including phenoxy) is 1. The van der Waals surface area contributed by atoms with Gasteiger partial charge < -0.3 is 19.5 Å². The van der Waals surface area contributed by atoms with Crippen LogP contribution < -0.4 is 5.56 Å². The molecular weight excluding hydrogens is 427 g/mol. The fourth-order valence-corrected chi connectivity index (χ4v) is 5.80. The second-order valence-electron chi connectivity index (χ2n) is 9.06. The Bertz CT molecular complexity index is 1440. The molecule has 0 amide bonds. The standard InChI is InChI=1S/C25H23FN2O5/c1-2-25(32)17-8-20-22-15(10-28(20)23(30)16(17)11-33-24(25)31)14-5-3-4-13-12(6-7-29)18(26)9-19(27-22)21(13)14/h8-9,29,32H,2-7,10-11H2,1H3/t25-/m0/s1. The molecule has 1 aliphatic carbocycles. The quantitative estimate of drug-likeness (QED) is 0.464. The number of pyridine rings is 2. The van der Waals surface area contributed by atoms with Crippen LogP contribution >= 0.6 is 0 Å². The van der Waals surface area contributed by atoms with E-state index in [1.54, 1.807) is 17.6 Å². The predicted molar refractivity (Wildman–Crippen MR) is 117 cm³/mol. The van der Waals surface area contributed by atoms with Gasteiger partial charge in [0.25, 0.3) is 5.56 Å². The summed E-state index contributed by atoms with van der Waals surface area (Å²) in [4.78, 5) is 30.5. The van der Waals surface area contributed by atoms with Gasteiger partial charge in [0.15, 0.2) is 5.60 Å². The summed E-state index contributed by atoms with van der Waals surface area (Å²) in [5.74, 6) is -1.14. The molecule has 1 aromatic carbocycles. The minimum absolute atomic E-state index is 0.0766. The van der Waals surface area contributed by atoms with Crippen molar-refractivity contribution in [2.45, 2.75) is 57.8 Å². The third-order valence-corrected chi connectivity index (χ3v) is 7.48. The molecule has 0 saturated carbocycles. The molecule has 8 heteroatoms. The van der Waals surface area contributed by atoms with Crippen molar-refractivity contribution in [3.8, 4) is 11.4 Å². The van der Waals surface area contributed by atoms with E-state index in [1.165, 1.54) is 6.07 Å². The smallest absolute Gasteiger partial charge is 0.343 e. The van der Waals surface area contributed by atoms with E-state index < -0.39 is 11.6 Å². The number of cyclic esters (lactones) is 1.